The topological polar surface area (TPSA) is 104 Å². The number of rotatable bonds is 7. The third-order valence-corrected chi connectivity index (χ3v) is 6.60. The Labute approximate surface area is 174 Å². The highest BCUT2D eigenvalue weighted by molar-refractivity contribution is 7.99. The molecule has 0 aliphatic carbocycles. The lowest BCUT2D eigenvalue weighted by molar-refractivity contribution is -0.142. The zero-order valence-corrected chi connectivity index (χ0v) is 17.3. The Balaban J connectivity index is 1.90. The van der Waals surface area contributed by atoms with Crippen LogP contribution in [-0.2, 0) is 11.3 Å². The molecule has 0 radical (unpaired) electrons. The molecule has 0 saturated carbocycles. The number of aromatic hydroxyl groups is 3. The molecule has 29 heavy (non-hydrogen) atoms. The summed E-state index contributed by atoms with van der Waals surface area (Å²) < 4.78 is 0. The number of thioether (sulfide) groups is 1. The molecule has 1 aliphatic heterocycles. The maximum absolute atomic E-state index is 11.8. The minimum Gasteiger partial charge on any atom is -0.508 e. The van der Waals surface area contributed by atoms with E-state index in [0.29, 0.717) is 16.9 Å². The molecule has 0 aromatic heterocycles. The second-order valence-electron chi connectivity index (χ2n) is 6.95. The number of aliphatic carboxylic acids is 1. The minimum absolute atomic E-state index is 0.128. The normalized spacial score (nSPS) is 19.4. The van der Waals surface area contributed by atoms with Crippen molar-refractivity contribution in [1.29, 1.82) is 0 Å². The van der Waals surface area contributed by atoms with Gasteiger partial charge in [-0.25, -0.2) is 0 Å². The molecule has 1 heterocycles. The SMILES string of the molecule is CCN(CC)c1ccc(CN2C(C(=O)O)CSC2c2ccc(O)c(O)c2)c(O)c1. The van der Waals surface area contributed by atoms with Crippen molar-refractivity contribution >= 4 is 23.4 Å². The minimum atomic E-state index is -0.928. The Morgan fingerprint density at radius 2 is 1.79 bits per heavy atom. The summed E-state index contributed by atoms with van der Waals surface area (Å²) in [4.78, 5) is 15.7. The van der Waals surface area contributed by atoms with E-state index in [2.05, 4.69) is 4.90 Å². The quantitative estimate of drug-likeness (QED) is 0.508. The predicted molar refractivity (Wildman–Crippen MR) is 114 cm³/mol. The number of phenols is 3. The van der Waals surface area contributed by atoms with Gasteiger partial charge in [0.25, 0.3) is 0 Å². The van der Waals surface area contributed by atoms with Crippen LogP contribution in [0.1, 0.15) is 30.3 Å². The van der Waals surface area contributed by atoms with E-state index in [1.807, 2.05) is 26.0 Å². The van der Waals surface area contributed by atoms with Gasteiger partial charge in [-0.3, -0.25) is 9.69 Å². The van der Waals surface area contributed by atoms with Crippen LogP contribution >= 0.6 is 11.8 Å². The van der Waals surface area contributed by atoms with Crippen molar-refractivity contribution in [3.8, 4) is 17.2 Å². The maximum atomic E-state index is 11.8. The lowest BCUT2D eigenvalue weighted by atomic mass is 10.1. The molecule has 2 aromatic carbocycles. The van der Waals surface area contributed by atoms with Crippen LogP contribution in [-0.4, -0.2) is 56.2 Å². The molecule has 2 aromatic rings. The van der Waals surface area contributed by atoms with E-state index in [0.717, 1.165) is 18.8 Å². The Kier molecular flexibility index (Phi) is 6.44. The number of hydrogen-bond acceptors (Lipinski definition) is 7. The Morgan fingerprint density at radius 3 is 2.38 bits per heavy atom. The molecule has 7 nitrogen and oxygen atoms in total. The molecule has 0 bridgehead atoms. The first-order valence-corrected chi connectivity index (χ1v) is 10.6. The van der Waals surface area contributed by atoms with Gasteiger partial charge < -0.3 is 25.3 Å². The summed E-state index contributed by atoms with van der Waals surface area (Å²) in [7, 11) is 0. The van der Waals surface area contributed by atoms with Crippen molar-refractivity contribution in [2.75, 3.05) is 23.7 Å². The highest BCUT2D eigenvalue weighted by atomic mass is 32.2. The van der Waals surface area contributed by atoms with Crippen molar-refractivity contribution < 1.29 is 25.2 Å². The van der Waals surface area contributed by atoms with Gasteiger partial charge in [-0.15, -0.1) is 11.8 Å². The third kappa shape index (κ3) is 4.38. The molecule has 0 amide bonds. The van der Waals surface area contributed by atoms with E-state index >= 15 is 0 Å². The number of phenolic OH excluding ortho intramolecular Hbond substituents is 3. The average molecular weight is 419 g/mol. The summed E-state index contributed by atoms with van der Waals surface area (Å²) in [6.07, 6.45) is 0. The van der Waals surface area contributed by atoms with Crippen LogP contribution in [0.4, 0.5) is 5.69 Å². The van der Waals surface area contributed by atoms with Crippen LogP contribution in [0.15, 0.2) is 36.4 Å². The summed E-state index contributed by atoms with van der Waals surface area (Å²) in [5.41, 5.74) is 2.26. The van der Waals surface area contributed by atoms with Crippen LogP contribution in [0, 0.1) is 0 Å². The van der Waals surface area contributed by atoms with Gasteiger partial charge in [0.15, 0.2) is 11.5 Å². The molecule has 1 aliphatic rings. The standard InChI is InChI=1S/C21H26N2O5S/c1-3-22(4-2)15-7-5-14(18(25)10-15)11-23-16(21(27)28)12-29-20(23)13-6-8-17(24)19(26)9-13/h5-10,16,20,24-26H,3-4,11-12H2,1-2H3,(H,27,28). The molecule has 0 spiro atoms. The number of carboxylic acids is 1. The van der Waals surface area contributed by atoms with E-state index in [9.17, 15) is 25.2 Å². The van der Waals surface area contributed by atoms with Crippen molar-refractivity contribution in [3.63, 3.8) is 0 Å². The van der Waals surface area contributed by atoms with Gasteiger partial charge in [-0.2, -0.15) is 0 Å². The summed E-state index contributed by atoms with van der Waals surface area (Å²) >= 11 is 1.46. The molecule has 8 heteroatoms. The Bertz CT molecular complexity index is 887. The van der Waals surface area contributed by atoms with Crippen LogP contribution in [0.5, 0.6) is 17.2 Å². The molecule has 1 saturated heterocycles. The molecule has 3 rings (SSSR count). The second kappa shape index (κ2) is 8.84. The lowest BCUT2D eigenvalue weighted by Crippen LogP contribution is -2.38. The van der Waals surface area contributed by atoms with Gasteiger partial charge in [-0.1, -0.05) is 12.1 Å². The maximum Gasteiger partial charge on any atom is 0.321 e. The highest BCUT2D eigenvalue weighted by Crippen LogP contribution is 2.44. The van der Waals surface area contributed by atoms with Gasteiger partial charge in [0.2, 0.25) is 0 Å². The van der Waals surface area contributed by atoms with Crippen LogP contribution in [0.3, 0.4) is 0 Å². The van der Waals surface area contributed by atoms with Crippen LogP contribution in [0.2, 0.25) is 0 Å². The van der Waals surface area contributed by atoms with Crippen LogP contribution < -0.4 is 4.90 Å². The van der Waals surface area contributed by atoms with Crippen molar-refractivity contribution in [1.82, 2.24) is 4.90 Å². The van der Waals surface area contributed by atoms with E-state index in [-0.39, 0.29) is 29.2 Å². The van der Waals surface area contributed by atoms with Crippen molar-refractivity contribution in [3.05, 3.63) is 47.5 Å². The zero-order valence-electron chi connectivity index (χ0n) is 16.4. The first kappa shape index (κ1) is 21.1. The van der Waals surface area contributed by atoms with E-state index in [1.165, 1.54) is 23.9 Å². The van der Waals surface area contributed by atoms with Gasteiger partial charge in [0, 0.05) is 42.7 Å². The number of anilines is 1. The predicted octanol–water partition coefficient (Wildman–Crippen LogP) is 3.35. The van der Waals surface area contributed by atoms with E-state index in [4.69, 9.17) is 0 Å². The van der Waals surface area contributed by atoms with Gasteiger partial charge in [-0.05, 0) is 37.6 Å². The fourth-order valence-corrected chi connectivity index (χ4v) is 5.04. The van der Waals surface area contributed by atoms with Gasteiger partial charge >= 0.3 is 5.97 Å². The fraction of sp³-hybridized carbons (Fsp3) is 0.381. The number of hydrogen-bond donors (Lipinski definition) is 4. The Morgan fingerprint density at radius 1 is 1.07 bits per heavy atom. The van der Waals surface area contributed by atoms with E-state index < -0.39 is 12.0 Å². The van der Waals surface area contributed by atoms with E-state index in [1.54, 1.807) is 17.0 Å². The molecule has 1 fully saturated rings. The average Bonchev–Trinajstić information content (AvgIpc) is 3.11. The number of nitrogens with zero attached hydrogens (tertiary/aromatic N) is 2. The number of benzene rings is 2. The first-order valence-electron chi connectivity index (χ1n) is 9.54. The molecule has 2 atom stereocenters. The number of carboxylic acid groups (broad SMARTS) is 1. The largest absolute Gasteiger partial charge is 0.508 e. The molecule has 156 valence electrons. The van der Waals surface area contributed by atoms with Crippen molar-refractivity contribution in [2.45, 2.75) is 31.8 Å². The molecular formula is C21H26N2O5S. The monoisotopic (exact) mass is 418 g/mol. The summed E-state index contributed by atoms with van der Waals surface area (Å²) in [6.45, 7) is 5.99. The summed E-state index contributed by atoms with van der Waals surface area (Å²) in [5.74, 6) is -0.874. The smallest absolute Gasteiger partial charge is 0.321 e. The molecular weight excluding hydrogens is 392 g/mol. The lowest BCUT2D eigenvalue weighted by Gasteiger charge is -2.28. The Hall–Kier alpha value is -2.58. The highest BCUT2D eigenvalue weighted by Gasteiger charge is 2.39. The summed E-state index contributed by atoms with van der Waals surface area (Å²) in [5, 5.41) is 39.3. The number of carbonyl (C=O) groups is 1. The van der Waals surface area contributed by atoms with Crippen LogP contribution in [0.25, 0.3) is 0 Å². The summed E-state index contributed by atoms with van der Waals surface area (Å²) in [6, 6.07) is 9.28. The third-order valence-electron chi connectivity index (χ3n) is 5.23. The second-order valence-corrected chi connectivity index (χ2v) is 8.06. The molecule has 2 unspecified atom stereocenters. The van der Waals surface area contributed by atoms with Gasteiger partial charge in [0.05, 0.1) is 5.37 Å². The van der Waals surface area contributed by atoms with Gasteiger partial charge in [0.1, 0.15) is 11.8 Å². The molecule has 4 N–H and O–H groups in total. The van der Waals surface area contributed by atoms with Crippen molar-refractivity contribution in [2.24, 2.45) is 0 Å². The fourth-order valence-electron chi connectivity index (χ4n) is 3.59. The first-order chi connectivity index (χ1) is 13.8. The zero-order chi connectivity index (χ0) is 21.1.